The summed E-state index contributed by atoms with van der Waals surface area (Å²) in [5.41, 5.74) is -0.175. The number of hydrogen-bond donors (Lipinski definition) is 2. The van der Waals surface area contributed by atoms with Gasteiger partial charge in [-0.05, 0) is 12.5 Å². The van der Waals surface area contributed by atoms with Crippen LogP contribution >= 0.6 is 0 Å². The second kappa shape index (κ2) is 9.01. The van der Waals surface area contributed by atoms with Crippen molar-refractivity contribution in [3.8, 4) is 0 Å². The summed E-state index contributed by atoms with van der Waals surface area (Å²) in [6.45, 7) is 2.18. The zero-order valence-electron chi connectivity index (χ0n) is 11.6. The molecule has 2 N–H and O–H groups in total. The molecular formula is C12H18F2N4O3. The highest BCUT2D eigenvalue weighted by atomic mass is 19.3. The topological polar surface area (TPSA) is 89.3 Å². The number of halogens is 2. The van der Waals surface area contributed by atoms with Crippen LogP contribution in [0, 0.1) is 10.1 Å². The smallest absolute Gasteiger partial charge is 0.311 e. The predicted octanol–water partition coefficient (Wildman–Crippen LogP) is 2.51. The van der Waals surface area contributed by atoms with Gasteiger partial charge in [0.2, 0.25) is 5.82 Å². The van der Waals surface area contributed by atoms with Crippen molar-refractivity contribution in [1.29, 1.82) is 0 Å². The SMILES string of the molecule is CCCNc1ccc([N+](=O)[O-])c(NCCOCC(F)F)n1. The number of nitrogens with one attached hydrogen (secondary N) is 2. The first kappa shape index (κ1) is 17.0. The summed E-state index contributed by atoms with van der Waals surface area (Å²) in [6, 6.07) is 2.86. The van der Waals surface area contributed by atoms with Crippen LogP contribution in [0.2, 0.25) is 0 Å². The van der Waals surface area contributed by atoms with E-state index in [1.54, 1.807) is 0 Å². The first-order valence-corrected chi connectivity index (χ1v) is 6.53. The normalized spacial score (nSPS) is 10.7. The van der Waals surface area contributed by atoms with Gasteiger partial charge in [-0.25, -0.2) is 13.8 Å². The molecule has 118 valence electrons. The van der Waals surface area contributed by atoms with Gasteiger partial charge in [-0.1, -0.05) is 6.92 Å². The quantitative estimate of drug-likeness (QED) is 0.392. The summed E-state index contributed by atoms with van der Waals surface area (Å²) >= 11 is 0. The third-order valence-electron chi connectivity index (χ3n) is 2.41. The lowest BCUT2D eigenvalue weighted by molar-refractivity contribution is -0.384. The van der Waals surface area contributed by atoms with Crippen LogP contribution in [-0.4, -0.2) is 42.6 Å². The third kappa shape index (κ3) is 6.30. The first-order valence-electron chi connectivity index (χ1n) is 6.53. The van der Waals surface area contributed by atoms with Crippen molar-refractivity contribution in [2.24, 2.45) is 0 Å². The number of nitro groups is 1. The van der Waals surface area contributed by atoms with Gasteiger partial charge in [0.15, 0.2) is 0 Å². The molecule has 0 aliphatic carbocycles. The lowest BCUT2D eigenvalue weighted by atomic mass is 10.3. The summed E-state index contributed by atoms with van der Waals surface area (Å²) in [5, 5.41) is 16.6. The minimum absolute atomic E-state index is 0.00971. The van der Waals surface area contributed by atoms with E-state index < -0.39 is 18.0 Å². The molecule has 0 aliphatic heterocycles. The highest BCUT2D eigenvalue weighted by Gasteiger charge is 2.15. The van der Waals surface area contributed by atoms with Crippen LogP contribution in [0.25, 0.3) is 0 Å². The fraction of sp³-hybridized carbons (Fsp3) is 0.583. The van der Waals surface area contributed by atoms with Crippen molar-refractivity contribution < 1.29 is 18.4 Å². The Morgan fingerprint density at radius 3 is 2.76 bits per heavy atom. The third-order valence-corrected chi connectivity index (χ3v) is 2.41. The highest BCUT2D eigenvalue weighted by Crippen LogP contribution is 2.23. The zero-order valence-corrected chi connectivity index (χ0v) is 11.6. The number of aromatic nitrogens is 1. The Hall–Kier alpha value is -2.03. The largest absolute Gasteiger partial charge is 0.374 e. The van der Waals surface area contributed by atoms with Crippen LogP contribution in [0.3, 0.4) is 0 Å². The summed E-state index contributed by atoms with van der Waals surface area (Å²) in [5.74, 6) is 0.597. The van der Waals surface area contributed by atoms with Gasteiger partial charge in [-0.3, -0.25) is 10.1 Å². The van der Waals surface area contributed by atoms with E-state index in [4.69, 9.17) is 0 Å². The summed E-state index contributed by atoms with van der Waals surface area (Å²) in [7, 11) is 0. The van der Waals surface area contributed by atoms with E-state index in [2.05, 4.69) is 20.4 Å². The van der Waals surface area contributed by atoms with Gasteiger partial charge in [0.05, 0.1) is 11.5 Å². The number of nitrogens with zero attached hydrogens (tertiary/aromatic N) is 2. The van der Waals surface area contributed by atoms with Gasteiger partial charge in [-0.15, -0.1) is 0 Å². The molecule has 0 bridgehead atoms. The minimum atomic E-state index is -2.53. The summed E-state index contributed by atoms with van der Waals surface area (Å²) < 4.78 is 28.4. The molecule has 1 aromatic heterocycles. The van der Waals surface area contributed by atoms with Crippen molar-refractivity contribution in [2.75, 3.05) is 36.9 Å². The maximum atomic E-state index is 11.9. The zero-order chi connectivity index (χ0) is 15.7. The molecule has 1 rings (SSSR count). The Labute approximate surface area is 120 Å². The molecule has 1 heterocycles. The number of alkyl halides is 2. The van der Waals surface area contributed by atoms with E-state index >= 15 is 0 Å². The Morgan fingerprint density at radius 1 is 1.38 bits per heavy atom. The van der Waals surface area contributed by atoms with E-state index in [9.17, 15) is 18.9 Å². The van der Waals surface area contributed by atoms with Crippen molar-refractivity contribution in [3.05, 3.63) is 22.2 Å². The average molecular weight is 304 g/mol. The van der Waals surface area contributed by atoms with Crippen molar-refractivity contribution >= 4 is 17.3 Å². The maximum absolute atomic E-state index is 11.9. The van der Waals surface area contributed by atoms with Crippen LogP contribution in [0.15, 0.2) is 12.1 Å². The second-order valence-electron chi connectivity index (χ2n) is 4.14. The molecule has 0 aromatic carbocycles. The second-order valence-corrected chi connectivity index (χ2v) is 4.14. The monoisotopic (exact) mass is 304 g/mol. The standard InChI is InChI=1S/C12H18F2N4O3/c1-2-5-15-11-4-3-9(18(19)20)12(17-11)16-6-7-21-8-10(13)14/h3-4,10H,2,5-8H2,1H3,(H2,15,16,17). The van der Waals surface area contributed by atoms with Crippen LogP contribution in [0.1, 0.15) is 13.3 Å². The van der Waals surface area contributed by atoms with Gasteiger partial charge in [0.25, 0.3) is 6.43 Å². The molecule has 0 amide bonds. The fourth-order valence-electron chi connectivity index (χ4n) is 1.49. The Kier molecular flexibility index (Phi) is 7.30. The molecule has 0 atom stereocenters. The van der Waals surface area contributed by atoms with Crippen LogP contribution in [0.4, 0.5) is 26.1 Å². The predicted molar refractivity (Wildman–Crippen MR) is 75.0 cm³/mol. The summed E-state index contributed by atoms with van der Waals surface area (Å²) in [4.78, 5) is 14.4. The Bertz CT molecular complexity index is 460. The molecule has 0 aliphatic rings. The molecule has 0 spiro atoms. The molecule has 21 heavy (non-hydrogen) atoms. The molecule has 0 radical (unpaired) electrons. The van der Waals surface area contributed by atoms with Gasteiger partial charge in [0.1, 0.15) is 12.4 Å². The maximum Gasteiger partial charge on any atom is 0.311 e. The van der Waals surface area contributed by atoms with E-state index in [-0.39, 0.29) is 24.7 Å². The van der Waals surface area contributed by atoms with Gasteiger partial charge >= 0.3 is 5.69 Å². The Morgan fingerprint density at radius 2 is 2.14 bits per heavy atom. The molecule has 1 aromatic rings. The lowest BCUT2D eigenvalue weighted by Gasteiger charge is -2.09. The highest BCUT2D eigenvalue weighted by molar-refractivity contribution is 5.60. The van der Waals surface area contributed by atoms with Gasteiger partial charge < -0.3 is 15.4 Å². The van der Waals surface area contributed by atoms with Crippen molar-refractivity contribution in [2.45, 2.75) is 19.8 Å². The molecule has 0 unspecified atom stereocenters. The molecule has 0 saturated carbocycles. The van der Waals surface area contributed by atoms with Crippen LogP contribution < -0.4 is 10.6 Å². The number of hydrogen-bond acceptors (Lipinski definition) is 6. The van der Waals surface area contributed by atoms with Crippen molar-refractivity contribution in [3.63, 3.8) is 0 Å². The van der Waals surface area contributed by atoms with E-state index in [0.29, 0.717) is 12.4 Å². The van der Waals surface area contributed by atoms with Crippen LogP contribution in [0.5, 0.6) is 0 Å². The number of anilines is 2. The molecular weight excluding hydrogens is 286 g/mol. The van der Waals surface area contributed by atoms with E-state index in [1.165, 1.54) is 12.1 Å². The van der Waals surface area contributed by atoms with E-state index in [0.717, 1.165) is 6.42 Å². The number of rotatable bonds is 10. The van der Waals surface area contributed by atoms with Gasteiger partial charge in [-0.2, -0.15) is 0 Å². The van der Waals surface area contributed by atoms with Gasteiger partial charge in [0, 0.05) is 19.2 Å². The Balaban J connectivity index is 2.61. The fourth-order valence-corrected chi connectivity index (χ4v) is 1.49. The van der Waals surface area contributed by atoms with E-state index in [1.807, 2.05) is 6.92 Å². The molecule has 0 fully saturated rings. The molecule has 7 nitrogen and oxygen atoms in total. The minimum Gasteiger partial charge on any atom is -0.374 e. The van der Waals surface area contributed by atoms with Crippen LogP contribution in [-0.2, 0) is 4.74 Å². The lowest BCUT2D eigenvalue weighted by Crippen LogP contribution is -2.15. The first-order chi connectivity index (χ1) is 10.0. The average Bonchev–Trinajstić information content (AvgIpc) is 2.44. The molecule has 9 heteroatoms. The summed E-state index contributed by atoms with van der Waals surface area (Å²) in [6.07, 6.45) is -1.64. The number of pyridine rings is 1. The molecule has 0 saturated heterocycles. The number of ether oxygens (including phenoxy) is 1. The van der Waals surface area contributed by atoms with Crippen molar-refractivity contribution in [1.82, 2.24) is 4.98 Å².